The maximum Gasteiger partial charge on any atom is 0.206 e. The van der Waals surface area contributed by atoms with Gasteiger partial charge in [-0.3, -0.25) is 4.99 Å². The molecule has 2 N–H and O–H groups in total. The first-order chi connectivity index (χ1) is 14.5. The quantitative estimate of drug-likeness (QED) is 0.322. The van der Waals surface area contributed by atoms with Crippen LogP contribution < -0.4 is 10.6 Å². The average molecular weight is 412 g/mol. The lowest BCUT2D eigenvalue weighted by molar-refractivity contribution is 0.198. The summed E-state index contributed by atoms with van der Waals surface area (Å²) in [7, 11) is 0. The van der Waals surface area contributed by atoms with E-state index in [1.54, 1.807) is 19.1 Å². The molecule has 2 aromatic carbocycles. The normalized spacial score (nSPS) is 12.5. The molecule has 0 unspecified atom stereocenters. The fourth-order valence-corrected chi connectivity index (χ4v) is 2.24. The largest absolute Gasteiger partial charge is 0.473 e. The van der Waals surface area contributed by atoms with Gasteiger partial charge >= 0.3 is 0 Å². The summed E-state index contributed by atoms with van der Waals surface area (Å²) in [6.07, 6.45) is 1.88. The lowest BCUT2D eigenvalue weighted by atomic mass is 10.2. The van der Waals surface area contributed by atoms with E-state index in [1.807, 2.05) is 37.3 Å². The number of hydrogen-bond donors (Lipinski definition) is 2. The van der Waals surface area contributed by atoms with Gasteiger partial charge in [0, 0.05) is 12.2 Å². The van der Waals surface area contributed by atoms with Crippen molar-refractivity contribution in [2.75, 3.05) is 11.9 Å². The summed E-state index contributed by atoms with van der Waals surface area (Å²) in [6, 6.07) is 15.3. The summed E-state index contributed by atoms with van der Waals surface area (Å²) in [5.41, 5.74) is 1.83. The number of guanidine groups is 1. The second-order valence-electron chi connectivity index (χ2n) is 6.39. The number of hydrogen-bond acceptors (Lipinski definition) is 3. The standard InChI is InChI=1S/C23H26F2N4O/c1-4-14-26-23(29-21-8-6-5-7-9-21)28-17(2)22(25)15-27-18(3)30-16-19-10-12-20(24)13-11-19/h5-13,15H,3-4,14,16H2,1-2H3,(H2,26,28,29)/b22-17-,27-15-. The molecule has 0 aliphatic rings. The van der Waals surface area contributed by atoms with E-state index in [9.17, 15) is 8.78 Å². The molecule has 0 spiro atoms. The minimum Gasteiger partial charge on any atom is -0.473 e. The maximum absolute atomic E-state index is 14.4. The Morgan fingerprint density at radius 2 is 1.83 bits per heavy atom. The van der Waals surface area contributed by atoms with Gasteiger partial charge in [-0.1, -0.05) is 37.3 Å². The van der Waals surface area contributed by atoms with Gasteiger partial charge in [-0.05, 0) is 49.8 Å². The fourth-order valence-electron chi connectivity index (χ4n) is 2.24. The van der Waals surface area contributed by atoms with Crippen molar-refractivity contribution in [2.24, 2.45) is 9.98 Å². The third kappa shape index (κ3) is 8.26. The number of rotatable bonds is 9. The minimum atomic E-state index is -0.583. The molecule has 0 bridgehead atoms. The molecule has 2 rings (SSSR count). The molecule has 0 saturated heterocycles. The molecule has 30 heavy (non-hydrogen) atoms. The molecular weight excluding hydrogens is 386 g/mol. The molecule has 0 aliphatic heterocycles. The number of nitrogens with one attached hydrogen (secondary N) is 2. The van der Waals surface area contributed by atoms with Crippen LogP contribution in [0.5, 0.6) is 0 Å². The van der Waals surface area contributed by atoms with Crippen molar-refractivity contribution in [3.63, 3.8) is 0 Å². The SMILES string of the molecule is C=C(/N=C\C(F)=C(/C)NC(=NCCC)Nc1ccccc1)OCc1ccc(F)cc1. The van der Waals surface area contributed by atoms with E-state index in [2.05, 4.69) is 27.2 Å². The molecule has 0 fully saturated rings. The van der Waals surface area contributed by atoms with Crippen molar-refractivity contribution in [2.45, 2.75) is 26.9 Å². The monoisotopic (exact) mass is 412 g/mol. The van der Waals surface area contributed by atoms with Crippen molar-refractivity contribution in [1.82, 2.24) is 5.32 Å². The molecule has 0 amide bonds. The van der Waals surface area contributed by atoms with E-state index < -0.39 is 5.83 Å². The Labute approximate surface area is 175 Å². The van der Waals surface area contributed by atoms with Crippen LogP contribution in [0.15, 0.2) is 88.6 Å². The zero-order valence-electron chi connectivity index (χ0n) is 17.2. The molecule has 158 valence electrons. The van der Waals surface area contributed by atoms with Crippen molar-refractivity contribution >= 4 is 17.9 Å². The molecule has 0 atom stereocenters. The van der Waals surface area contributed by atoms with Crippen molar-refractivity contribution in [3.05, 3.63) is 90.0 Å². The van der Waals surface area contributed by atoms with E-state index in [0.717, 1.165) is 23.9 Å². The second-order valence-corrected chi connectivity index (χ2v) is 6.39. The van der Waals surface area contributed by atoms with E-state index in [1.165, 1.54) is 12.1 Å². The topological polar surface area (TPSA) is 58.0 Å². The first-order valence-electron chi connectivity index (χ1n) is 9.58. The van der Waals surface area contributed by atoms with Gasteiger partial charge in [-0.2, -0.15) is 0 Å². The molecule has 0 saturated carbocycles. The van der Waals surface area contributed by atoms with E-state index in [0.29, 0.717) is 12.5 Å². The third-order valence-electron chi connectivity index (χ3n) is 3.83. The number of aliphatic imine (C=N–C) groups is 2. The maximum atomic E-state index is 14.4. The van der Waals surface area contributed by atoms with Gasteiger partial charge in [-0.15, -0.1) is 0 Å². The molecule has 0 heterocycles. The van der Waals surface area contributed by atoms with E-state index in [4.69, 9.17) is 4.74 Å². The van der Waals surface area contributed by atoms with Crippen molar-refractivity contribution < 1.29 is 13.5 Å². The summed E-state index contributed by atoms with van der Waals surface area (Å²) in [4.78, 5) is 8.29. The van der Waals surface area contributed by atoms with Gasteiger partial charge in [-0.25, -0.2) is 13.8 Å². The van der Waals surface area contributed by atoms with Crippen LogP contribution in [-0.4, -0.2) is 18.7 Å². The summed E-state index contributed by atoms with van der Waals surface area (Å²) < 4.78 is 32.7. The van der Waals surface area contributed by atoms with Crippen molar-refractivity contribution in [1.29, 1.82) is 0 Å². The Morgan fingerprint density at radius 3 is 2.50 bits per heavy atom. The third-order valence-corrected chi connectivity index (χ3v) is 3.83. The smallest absolute Gasteiger partial charge is 0.206 e. The van der Waals surface area contributed by atoms with Gasteiger partial charge < -0.3 is 15.4 Å². The predicted molar refractivity (Wildman–Crippen MR) is 118 cm³/mol. The molecule has 0 radical (unpaired) electrons. The highest BCUT2D eigenvalue weighted by atomic mass is 19.1. The van der Waals surface area contributed by atoms with Crippen LogP contribution in [0.25, 0.3) is 0 Å². The Balaban J connectivity index is 1.95. The highest BCUT2D eigenvalue weighted by molar-refractivity contribution is 5.95. The molecular formula is C23H26F2N4O. The number of allylic oxidation sites excluding steroid dienone is 2. The van der Waals surface area contributed by atoms with E-state index >= 15 is 0 Å². The number of para-hydroxylation sites is 1. The molecule has 5 nitrogen and oxygen atoms in total. The van der Waals surface area contributed by atoms with Gasteiger partial charge in [0.15, 0.2) is 11.8 Å². The minimum absolute atomic E-state index is 0.0459. The van der Waals surface area contributed by atoms with Crippen LogP contribution in [0.2, 0.25) is 0 Å². The molecule has 0 aromatic heterocycles. The Kier molecular flexibility index (Phi) is 9.24. The number of nitrogens with zero attached hydrogens (tertiary/aromatic N) is 2. The number of benzene rings is 2. The van der Waals surface area contributed by atoms with Gasteiger partial charge in [0.25, 0.3) is 0 Å². The molecule has 7 heteroatoms. The van der Waals surface area contributed by atoms with Gasteiger partial charge in [0.05, 0.1) is 11.9 Å². The first kappa shape index (κ1) is 22.8. The second kappa shape index (κ2) is 12.2. The van der Waals surface area contributed by atoms with Gasteiger partial charge in [0.2, 0.25) is 5.88 Å². The molecule has 2 aromatic rings. The Hall–Kier alpha value is -3.48. The van der Waals surface area contributed by atoms with Crippen LogP contribution in [-0.2, 0) is 11.3 Å². The lowest BCUT2D eigenvalue weighted by Crippen LogP contribution is -2.30. The number of anilines is 1. The van der Waals surface area contributed by atoms with Crippen LogP contribution in [0, 0.1) is 5.82 Å². The summed E-state index contributed by atoms with van der Waals surface area (Å²) in [5.74, 6) is -0.421. The van der Waals surface area contributed by atoms with Crippen molar-refractivity contribution in [3.8, 4) is 0 Å². The highest BCUT2D eigenvalue weighted by Gasteiger charge is 2.05. The zero-order valence-corrected chi connectivity index (χ0v) is 17.2. The number of ether oxygens (including phenoxy) is 1. The number of halogens is 2. The van der Waals surface area contributed by atoms with Crippen LogP contribution in [0.1, 0.15) is 25.8 Å². The summed E-state index contributed by atoms with van der Waals surface area (Å²) in [5, 5.41) is 6.06. The van der Waals surface area contributed by atoms with Crippen LogP contribution in [0.3, 0.4) is 0 Å². The van der Waals surface area contributed by atoms with Crippen LogP contribution in [0.4, 0.5) is 14.5 Å². The first-order valence-corrected chi connectivity index (χ1v) is 9.58. The van der Waals surface area contributed by atoms with E-state index in [-0.39, 0.29) is 24.0 Å². The van der Waals surface area contributed by atoms with Gasteiger partial charge in [0.1, 0.15) is 12.4 Å². The summed E-state index contributed by atoms with van der Waals surface area (Å²) >= 11 is 0. The zero-order chi connectivity index (χ0) is 21.8. The average Bonchev–Trinajstić information content (AvgIpc) is 2.76. The Morgan fingerprint density at radius 1 is 1.13 bits per heavy atom. The fraction of sp³-hybridized carbons (Fsp3) is 0.217. The molecule has 0 aliphatic carbocycles. The predicted octanol–water partition coefficient (Wildman–Crippen LogP) is 5.55. The van der Waals surface area contributed by atoms with Crippen LogP contribution >= 0.6 is 0 Å². The lowest BCUT2D eigenvalue weighted by Gasteiger charge is -2.13. The Bertz CT molecular complexity index is 907. The summed E-state index contributed by atoms with van der Waals surface area (Å²) in [6.45, 7) is 7.98. The highest BCUT2D eigenvalue weighted by Crippen LogP contribution is 2.09.